The number of carbonyl (C=O) groups is 2. The largest absolute Gasteiger partial charge is 0.462 e. The van der Waals surface area contributed by atoms with Gasteiger partial charge in [-0.2, -0.15) is 5.10 Å². The highest BCUT2D eigenvalue weighted by molar-refractivity contribution is 6.14. The van der Waals surface area contributed by atoms with Gasteiger partial charge in [0.05, 0.1) is 38.7 Å². The molecule has 0 bridgehead atoms. The van der Waals surface area contributed by atoms with E-state index in [2.05, 4.69) is 10.4 Å². The molecule has 0 saturated heterocycles. The number of anilines is 1. The maximum absolute atomic E-state index is 12.0. The van der Waals surface area contributed by atoms with Crippen molar-refractivity contribution in [3.05, 3.63) is 59.4 Å². The Morgan fingerprint density at radius 3 is 2.38 bits per heavy atom. The van der Waals surface area contributed by atoms with Crippen LogP contribution in [0.4, 0.5) is 5.82 Å². The number of nitrogens with one attached hydrogen (secondary N) is 1. The number of benzene rings is 1. The minimum atomic E-state index is -0.743. The van der Waals surface area contributed by atoms with Gasteiger partial charge in [0.25, 0.3) is 0 Å². The Balaban J connectivity index is 2.01. The monoisotopic (exact) mass is 401 g/mol. The molecule has 1 aromatic heterocycles. The fourth-order valence-electron chi connectivity index (χ4n) is 2.51. The molecule has 0 fully saturated rings. The lowest BCUT2D eigenvalue weighted by Gasteiger charge is -2.10. The third kappa shape index (κ3) is 7.08. The highest BCUT2D eigenvalue weighted by Gasteiger charge is 2.21. The van der Waals surface area contributed by atoms with Crippen LogP contribution in [-0.4, -0.2) is 41.5 Å². The zero-order valence-corrected chi connectivity index (χ0v) is 17.0. The highest BCUT2D eigenvalue weighted by Crippen LogP contribution is 2.12. The van der Waals surface area contributed by atoms with Gasteiger partial charge in [0.15, 0.2) is 5.57 Å². The molecule has 156 valence electrons. The number of aryl methyl sites for hydroxylation is 1. The Labute approximate surface area is 170 Å². The minimum absolute atomic E-state index is 0.158. The van der Waals surface area contributed by atoms with Crippen molar-refractivity contribution in [1.82, 2.24) is 9.78 Å². The predicted octanol–water partition coefficient (Wildman–Crippen LogP) is 2.83. The number of aromatic nitrogens is 2. The molecule has 2 aromatic rings. The second-order valence-electron chi connectivity index (χ2n) is 6.08. The van der Waals surface area contributed by atoms with Crippen LogP contribution < -0.4 is 5.32 Å². The third-order valence-corrected chi connectivity index (χ3v) is 3.82. The Morgan fingerprint density at radius 2 is 1.76 bits per heavy atom. The van der Waals surface area contributed by atoms with E-state index in [1.165, 1.54) is 6.20 Å². The Hall–Kier alpha value is -3.13. The Bertz CT molecular complexity index is 810. The molecular weight excluding hydrogens is 374 g/mol. The van der Waals surface area contributed by atoms with Gasteiger partial charge in [-0.1, -0.05) is 30.3 Å². The molecule has 0 aliphatic carbocycles. The molecule has 0 aliphatic rings. The molecule has 1 heterocycles. The maximum atomic E-state index is 12.0. The first-order valence-electron chi connectivity index (χ1n) is 9.52. The molecule has 0 amide bonds. The second kappa shape index (κ2) is 11.7. The molecule has 29 heavy (non-hydrogen) atoms. The van der Waals surface area contributed by atoms with Crippen molar-refractivity contribution < 1.29 is 23.8 Å². The van der Waals surface area contributed by atoms with E-state index in [0.29, 0.717) is 25.6 Å². The molecule has 8 nitrogen and oxygen atoms in total. The van der Waals surface area contributed by atoms with Crippen molar-refractivity contribution in [3.8, 4) is 0 Å². The summed E-state index contributed by atoms with van der Waals surface area (Å²) in [5.41, 5.74) is 1.68. The van der Waals surface area contributed by atoms with Crippen LogP contribution in [0.5, 0.6) is 0 Å². The molecule has 0 atom stereocenters. The quantitative estimate of drug-likeness (QED) is 0.203. The number of hydrogen-bond acceptors (Lipinski definition) is 7. The van der Waals surface area contributed by atoms with Gasteiger partial charge >= 0.3 is 11.9 Å². The predicted molar refractivity (Wildman–Crippen MR) is 108 cm³/mol. The van der Waals surface area contributed by atoms with Crippen molar-refractivity contribution in [2.75, 3.05) is 25.1 Å². The van der Waals surface area contributed by atoms with Crippen LogP contribution in [0.3, 0.4) is 0 Å². The van der Waals surface area contributed by atoms with E-state index in [-0.39, 0.29) is 18.8 Å². The Kier molecular flexibility index (Phi) is 8.91. The fraction of sp³-hybridized carbons (Fsp3) is 0.381. The second-order valence-corrected chi connectivity index (χ2v) is 6.08. The van der Waals surface area contributed by atoms with E-state index in [1.807, 2.05) is 43.3 Å². The number of hydrogen-bond donors (Lipinski definition) is 1. The zero-order valence-electron chi connectivity index (χ0n) is 17.0. The van der Waals surface area contributed by atoms with E-state index in [0.717, 1.165) is 11.3 Å². The van der Waals surface area contributed by atoms with E-state index in [9.17, 15) is 9.59 Å². The summed E-state index contributed by atoms with van der Waals surface area (Å²) in [4.78, 5) is 24.1. The lowest BCUT2D eigenvalue weighted by atomic mass is 10.2. The maximum Gasteiger partial charge on any atom is 0.347 e. The third-order valence-electron chi connectivity index (χ3n) is 3.82. The van der Waals surface area contributed by atoms with Crippen molar-refractivity contribution in [2.45, 2.75) is 33.9 Å². The van der Waals surface area contributed by atoms with Crippen LogP contribution in [0, 0.1) is 6.92 Å². The van der Waals surface area contributed by atoms with E-state index in [1.54, 1.807) is 18.5 Å². The Morgan fingerprint density at radius 1 is 1.10 bits per heavy atom. The normalized spacial score (nSPS) is 10.3. The summed E-state index contributed by atoms with van der Waals surface area (Å²) in [6, 6.07) is 11.7. The summed E-state index contributed by atoms with van der Waals surface area (Å²) in [6.45, 7) is 6.98. The smallest absolute Gasteiger partial charge is 0.347 e. The zero-order chi connectivity index (χ0) is 21.1. The summed E-state index contributed by atoms with van der Waals surface area (Å²) in [6.07, 6.45) is 1.29. The van der Waals surface area contributed by atoms with E-state index in [4.69, 9.17) is 14.2 Å². The number of ether oxygens (including phenoxy) is 3. The van der Waals surface area contributed by atoms with Gasteiger partial charge in [-0.05, 0) is 26.3 Å². The molecule has 0 saturated carbocycles. The van der Waals surface area contributed by atoms with Gasteiger partial charge in [-0.25, -0.2) is 14.3 Å². The summed E-state index contributed by atoms with van der Waals surface area (Å²) in [7, 11) is 0. The number of esters is 2. The van der Waals surface area contributed by atoms with Crippen LogP contribution in [0.15, 0.2) is 48.2 Å². The number of carbonyl (C=O) groups excluding carboxylic acids is 2. The van der Waals surface area contributed by atoms with Crippen LogP contribution in [-0.2, 0) is 37.0 Å². The summed E-state index contributed by atoms with van der Waals surface area (Å²) in [5, 5.41) is 7.36. The summed E-state index contributed by atoms with van der Waals surface area (Å²) in [5.74, 6) is -0.864. The molecule has 0 radical (unpaired) electrons. The van der Waals surface area contributed by atoms with Crippen LogP contribution in [0.2, 0.25) is 0 Å². The first-order valence-corrected chi connectivity index (χ1v) is 9.52. The first kappa shape index (κ1) is 22.2. The standard InChI is InChI=1S/C21H27N3O5/c1-4-28-20(25)18(21(26)29-5-2)14-22-19-13-16(3)23-24(19)11-12-27-15-17-9-7-6-8-10-17/h6-10,13-14,22H,4-5,11-12,15H2,1-3H3. The van der Waals surface area contributed by atoms with E-state index >= 15 is 0 Å². The number of nitrogens with zero attached hydrogens (tertiary/aromatic N) is 2. The molecule has 0 aliphatic heterocycles. The summed E-state index contributed by atoms with van der Waals surface area (Å²) >= 11 is 0. The van der Waals surface area contributed by atoms with Crippen LogP contribution in [0.1, 0.15) is 25.1 Å². The molecule has 8 heteroatoms. The summed E-state index contributed by atoms with van der Waals surface area (Å²) < 4.78 is 17.3. The topological polar surface area (TPSA) is 91.7 Å². The van der Waals surface area contributed by atoms with Crippen LogP contribution >= 0.6 is 0 Å². The lowest BCUT2D eigenvalue weighted by Crippen LogP contribution is -2.20. The average Bonchev–Trinajstić information content (AvgIpc) is 3.06. The van der Waals surface area contributed by atoms with Gasteiger partial charge < -0.3 is 19.5 Å². The van der Waals surface area contributed by atoms with Gasteiger partial charge in [0.2, 0.25) is 0 Å². The first-order chi connectivity index (χ1) is 14.0. The molecule has 1 N–H and O–H groups in total. The molecule has 0 spiro atoms. The lowest BCUT2D eigenvalue weighted by molar-refractivity contribution is -0.146. The van der Waals surface area contributed by atoms with Crippen molar-refractivity contribution in [3.63, 3.8) is 0 Å². The molecular formula is C21H27N3O5. The minimum Gasteiger partial charge on any atom is -0.462 e. The molecule has 2 rings (SSSR count). The van der Waals surface area contributed by atoms with Gasteiger partial charge in [-0.3, -0.25) is 0 Å². The average molecular weight is 401 g/mol. The van der Waals surface area contributed by atoms with Crippen molar-refractivity contribution >= 4 is 17.8 Å². The van der Waals surface area contributed by atoms with Crippen molar-refractivity contribution in [2.24, 2.45) is 0 Å². The van der Waals surface area contributed by atoms with Gasteiger partial charge in [0.1, 0.15) is 5.82 Å². The highest BCUT2D eigenvalue weighted by atomic mass is 16.6. The van der Waals surface area contributed by atoms with Gasteiger partial charge in [0, 0.05) is 12.3 Å². The number of rotatable bonds is 11. The van der Waals surface area contributed by atoms with Crippen LogP contribution in [0.25, 0.3) is 0 Å². The SMILES string of the molecule is CCOC(=O)C(=CNc1cc(C)nn1CCOCc1ccccc1)C(=O)OCC. The molecule has 0 unspecified atom stereocenters. The van der Waals surface area contributed by atoms with E-state index < -0.39 is 11.9 Å². The van der Waals surface area contributed by atoms with Crippen molar-refractivity contribution in [1.29, 1.82) is 0 Å². The fourth-order valence-corrected chi connectivity index (χ4v) is 2.51. The molecule has 1 aromatic carbocycles. The van der Waals surface area contributed by atoms with Gasteiger partial charge in [-0.15, -0.1) is 0 Å².